The van der Waals surface area contributed by atoms with Crippen LogP contribution in [0.15, 0.2) is 24.3 Å². The second-order valence-electron chi connectivity index (χ2n) is 5.52. The zero-order valence-corrected chi connectivity index (χ0v) is 12.2. The molecule has 5 heteroatoms. The number of anilines is 1. The third-order valence-electron chi connectivity index (χ3n) is 3.72. The Hall–Kier alpha value is -1.75. The van der Waals surface area contributed by atoms with Crippen LogP contribution in [0, 0.1) is 5.92 Å². The summed E-state index contributed by atoms with van der Waals surface area (Å²) in [7, 11) is 3.95. The average molecular weight is 277 g/mol. The fourth-order valence-electron chi connectivity index (χ4n) is 2.53. The summed E-state index contributed by atoms with van der Waals surface area (Å²) in [6.45, 7) is 3.00. The van der Waals surface area contributed by atoms with E-state index in [1.165, 1.54) is 0 Å². The summed E-state index contributed by atoms with van der Waals surface area (Å²) in [5.41, 5.74) is 6.33. The third-order valence-corrected chi connectivity index (χ3v) is 3.72. The standard InChI is InChI=1S/C15H23N3O2/c1-17-8-7-12(9-17)10-18(2)15(19)11-20-14-6-4-3-5-13(14)16/h3-6,12H,7-11,16H2,1-2H3. The van der Waals surface area contributed by atoms with E-state index in [9.17, 15) is 4.79 Å². The van der Waals surface area contributed by atoms with Crippen LogP contribution < -0.4 is 10.5 Å². The Morgan fingerprint density at radius 2 is 2.25 bits per heavy atom. The Balaban J connectivity index is 1.78. The number of hydrogen-bond donors (Lipinski definition) is 1. The number of rotatable bonds is 5. The maximum absolute atomic E-state index is 12.0. The maximum atomic E-state index is 12.0. The van der Waals surface area contributed by atoms with Crippen LogP contribution in [0.5, 0.6) is 5.75 Å². The van der Waals surface area contributed by atoms with E-state index in [4.69, 9.17) is 10.5 Å². The number of hydrogen-bond acceptors (Lipinski definition) is 4. The van der Waals surface area contributed by atoms with E-state index in [1.807, 2.05) is 19.2 Å². The minimum Gasteiger partial charge on any atom is -0.482 e. The molecule has 1 unspecified atom stereocenters. The molecule has 2 rings (SSSR count). The summed E-state index contributed by atoms with van der Waals surface area (Å²) in [5, 5.41) is 0. The summed E-state index contributed by atoms with van der Waals surface area (Å²) in [6.07, 6.45) is 1.15. The second-order valence-corrected chi connectivity index (χ2v) is 5.52. The summed E-state index contributed by atoms with van der Waals surface area (Å²) in [5.74, 6) is 1.12. The van der Waals surface area contributed by atoms with Crippen LogP contribution in [0.25, 0.3) is 0 Å². The van der Waals surface area contributed by atoms with Gasteiger partial charge in [0.2, 0.25) is 0 Å². The van der Waals surface area contributed by atoms with Gasteiger partial charge in [0.15, 0.2) is 6.61 Å². The van der Waals surface area contributed by atoms with Gasteiger partial charge >= 0.3 is 0 Å². The Kier molecular flexibility index (Phi) is 4.84. The highest BCUT2D eigenvalue weighted by molar-refractivity contribution is 5.77. The van der Waals surface area contributed by atoms with Gasteiger partial charge in [-0.25, -0.2) is 0 Å². The Morgan fingerprint density at radius 1 is 1.50 bits per heavy atom. The largest absolute Gasteiger partial charge is 0.482 e. The number of ether oxygens (including phenoxy) is 1. The summed E-state index contributed by atoms with van der Waals surface area (Å²) in [4.78, 5) is 16.1. The molecule has 1 aliphatic heterocycles. The van der Waals surface area contributed by atoms with Crippen molar-refractivity contribution < 1.29 is 9.53 Å². The van der Waals surface area contributed by atoms with Gasteiger partial charge in [0.1, 0.15) is 5.75 Å². The molecule has 0 bridgehead atoms. The van der Waals surface area contributed by atoms with Crippen molar-refractivity contribution in [3.05, 3.63) is 24.3 Å². The first-order chi connectivity index (χ1) is 9.56. The molecule has 1 fully saturated rings. The number of carbonyl (C=O) groups excluding carboxylic acids is 1. The zero-order chi connectivity index (χ0) is 14.5. The van der Waals surface area contributed by atoms with Crippen LogP contribution >= 0.6 is 0 Å². The summed E-state index contributed by atoms with van der Waals surface area (Å²) < 4.78 is 5.48. The summed E-state index contributed by atoms with van der Waals surface area (Å²) in [6, 6.07) is 7.22. The molecule has 1 saturated heterocycles. The van der Waals surface area contributed by atoms with Crippen molar-refractivity contribution in [3.8, 4) is 5.75 Å². The van der Waals surface area contributed by atoms with E-state index in [1.54, 1.807) is 17.0 Å². The van der Waals surface area contributed by atoms with Crippen molar-refractivity contribution in [3.63, 3.8) is 0 Å². The van der Waals surface area contributed by atoms with Gasteiger partial charge in [-0.1, -0.05) is 12.1 Å². The Morgan fingerprint density at radius 3 is 2.90 bits per heavy atom. The molecule has 1 aromatic rings. The van der Waals surface area contributed by atoms with Gasteiger partial charge in [-0.15, -0.1) is 0 Å². The van der Waals surface area contributed by atoms with Gasteiger partial charge in [0.25, 0.3) is 5.91 Å². The molecule has 110 valence electrons. The fraction of sp³-hybridized carbons (Fsp3) is 0.533. The van der Waals surface area contributed by atoms with Crippen LogP contribution in [0.3, 0.4) is 0 Å². The number of nitrogens with zero attached hydrogens (tertiary/aromatic N) is 2. The minimum absolute atomic E-state index is 0.0113. The SMILES string of the molecule is CN1CCC(CN(C)C(=O)COc2ccccc2N)C1. The van der Waals surface area contributed by atoms with E-state index in [0.717, 1.165) is 26.1 Å². The van der Waals surface area contributed by atoms with Crippen molar-refractivity contribution >= 4 is 11.6 Å². The van der Waals surface area contributed by atoms with Crippen LogP contribution in [-0.4, -0.2) is 56.0 Å². The monoisotopic (exact) mass is 277 g/mol. The molecule has 1 aliphatic rings. The highest BCUT2D eigenvalue weighted by Gasteiger charge is 2.22. The van der Waals surface area contributed by atoms with Crippen molar-refractivity contribution in [1.82, 2.24) is 9.80 Å². The molecule has 20 heavy (non-hydrogen) atoms. The second kappa shape index (κ2) is 6.61. The average Bonchev–Trinajstić information content (AvgIpc) is 2.82. The highest BCUT2D eigenvalue weighted by atomic mass is 16.5. The lowest BCUT2D eigenvalue weighted by atomic mass is 10.1. The molecular formula is C15H23N3O2. The normalized spacial score (nSPS) is 19.0. The van der Waals surface area contributed by atoms with Gasteiger partial charge in [-0.3, -0.25) is 4.79 Å². The molecule has 2 N–H and O–H groups in total. The predicted molar refractivity (Wildman–Crippen MR) is 79.6 cm³/mol. The lowest BCUT2D eigenvalue weighted by Crippen LogP contribution is -2.36. The zero-order valence-electron chi connectivity index (χ0n) is 12.2. The Bertz CT molecular complexity index is 464. The van der Waals surface area contributed by atoms with E-state index < -0.39 is 0 Å². The number of para-hydroxylation sites is 2. The van der Waals surface area contributed by atoms with Gasteiger partial charge in [0.05, 0.1) is 5.69 Å². The molecule has 0 spiro atoms. The van der Waals surface area contributed by atoms with Crippen LogP contribution in [-0.2, 0) is 4.79 Å². The lowest BCUT2D eigenvalue weighted by Gasteiger charge is -2.21. The van der Waals surface area contributed by atoms with Crippen molar-refractivity contribution in [1.29, 1.82) is 0 Å². The molecule has 0 aliphatic carbocycles. The molecule has 5 nitrogen and oxygen atoms in total. The van der Waals surface area contributed by atoms with Crippen molar-refractivity contribution in [2.24, 2.45) is 5.92 Å². The van der Waals surface area contributed by atoms with Crippen LogP contribution in [0.4, 0.5) is 5.69 Å². The number of amides is 1. The van der Waals surface area contributed by atoms with E-state index in [2.05, 4.69) is 11.9 Å². The smallest absolute Gasteiger partial charge is 0.260 e. The molecule has 1 atom stereocenters. The van der Waals surface area contributed by atoms with Gasteiger partial charge in [0, 0.05) is 20.1 Å². The topological polar surface area (TPSA) is 58.8 Å². The number of likely N-dealkylation sites (tertiary alicyclic amines) is 1. The minimum atomic E-state index is -0.0113. The number of carbonyl (C=O) groups is 1. The molecule has 0 aromatic heterocycles. The van der Waals surface area contributed by atoms with Crippen LogP contribution in [0.1, 0.15) is 6.42 Å². The fourth-order valence-corrected chi connectivity index (χ4v) is 2.53. The molecule has 1 amide bonds. The molecule has 0 radical (unpaired) electrons. The highest BCUT2D eigenvalue weighted by Crippen LogP contribution is 2.20. The molecule has 0 saturated carbocycles. The lowest BCUT2D eigenvalue weighted by molar-refractivity contribution is -0.132. The first kappa shape index (κ1) is 14.7. The van der Waals surface area contributed by atoms with Gasteiger partial charge < -0.3 is 20.3 Å². The molecular weight excluding hydrogens is 254 g/mol. The number of nitrogens with two attached hydrogens (primary N) is 1. The first-order valence-corrected chi connectivity index (χ1v) is 6.96. The Labute approximate surface area is 120 Å². The maximum Gasteiger partial charge on any atom is 0.260 e. The van der Waals surface area contributed by atoms with Gasteiger partial charge in [-0.2, -0.15) is 0 Å². The van der Waals surface area contributed by atoms with Crippen LogP contribution in [0.2, 0.25) is 0 Å². The number of likely N-dealkylation sites (N-methyl/N-ethyl adjacent to an activating group) is 1. The summed E-state index contributed by atoms with van der Waals surface area (Å²) >= 11 is 0. The van der Waals surface area contributed by atoms with E-state index in [0.29, 0.717) is 17.4 Å². The van der Waals surface area contributed by atoms with Crippen molar-refractivity contribution in [2.45, 2.75) is 6.42 Å². The predicted octanol–water partition coefficient (Wildman–Crippen LogP) is 1.06. The number of benzene rings is 1. The third kappa shape index (κ3) is 3.87. The molecule has 1 heterocycles. The number of nitrogen functional groups attached to an aromatic ring is 1. The van der Waals surface area contributed by atoms with E-state index >= 15 is 0 Å². The first-order valence-electron chi connectivity index (χ1n) is 6.96. The van der Waals surface area contributed by atoms with Gasteiger partial charge in [-0.05, 0) is 38.1 Å². The van der Waals surface area contributed by atoms with Crippen molar-refractivity contribution in [2.75, 3.05) is 46.1 Å². The molecule has 1 aromatic carbocycles. The quantitative estimate of drug-likeness (QED) is 0.818. The van der Waals surface area contributed by atoms with E-state index in [-0.39, 0.29) is 12.5 Å².